The monoisotopic (exact) mass is 313 g/mol. The lowest BCUT2D eigenvalue weighted by Gasteiger charge is -2.35. The van der Waals surface area contributed by atoms with Gasteiger partial charge in [-0.25, -0.2) is 0 Å². The van der Waals surface area contributed by atoms with Gasteiger partial charge in [0.2, 0.25) is 5.91 Å². The number of nitrogens with zero attached hydrogens (tertiary/aromatic N) is 1. The van der Waals surface area contributed by atoms with Crippen LogP contribution in [0.4, 0.5) is 0 Å². The first kappa shape index (κ1) is 21.3. The van der Waals surface area contributed by atoms with Crippen LogP contribution < -0.4 is 11.1 Å². The maximum Gasteiger partial charge on any atom is 0.220 e. The molecule has 0 radical (unpaired) electrons. The lowest BCUT2D eigenvalue weighted by atomic mass is 10.0. The molecule has 0 aromatic heterocycles. The first-order valence-corrected chi connectivity index (χ1v) is 6.98. The average Bonchev–Trinajstić information content (AvgIpc) is 2.37. The van der Waals surface area contributed by atoms with Crippen molar-refractivity contribution in [1.82, 2.24) is 10.2 Å². The zero-order chi connectivity index (χ0) is 12.5. The number of halogens is 2. The van der Waals surface area contributed by atoms with Gasteiger partial charge in [0.15, 0.2) is 0 Å². The Morgan fingerprint density at radius 3 is 2.74 bits per heavy atom. The first-order valence-electron chi connectivity index (χ1n) is 6.98. The van der Waals surface area contributed by atoms with Crippen LogP contribution in [0.5, 0.6) is 0 Å². The highest BCUT2D eigenvalue weighted by atomic mass is 35.5. The van der Waals surface area contributed by atoms with Crippen LogP contribution >= 0.6 is 24.8 Å². The highest BCUT2D eigenvalue weighted by molar-refractivity contribution is 5.85. The molecule has 0 aliphatic carbocycles. The van der Waals surface area contributed by atoms with Gasteiger partial charge in [-0.3, -0.25) is 9.69 Å². The van der Waals surface area contributed by atoms with Crippen LogP contribution in [0.15, 0.2) is 0 Å². The number of amides is 1. The van der Waals surface area contributed by atoms with Crippen molar-refractivity contribution in [3.8, 4) is 0 Å². The molecule has 1 rings (SSSR count). The predicted octanol–water partition coefficient (Wildman–Crippen LogP) is 1.95. The van der Waals surface area contributed by atoms with Crippen molar-refractivity contribution in [1.29, 1.82) is 0 Å². The minimum Gasteiger partial charge on any atom is -0.355 e. The third-order valence-electron chi connectivity index (χ3n) is 3.55. The summed E-state index contributed by atoms with van der Waals surface area (Å²) in [5, 5.41) is 2.97. The molecule has 0 aromatic rings. The van der Waals surface area contributed by atoms with Gasteiger partial charge in [0, 0.05) is 25.6 Å². The maximum atomic E-state index is 11.4. The number of rotatable bonds is 7. The Morgan fingerprint density at radius 2 is 2.11 bits per heavy atom. The average molecular weight is 314 g/mol. The van der Waals surface area contributed by atoms with Crippen LogP contribution in [-0.2, 0) is 4.79 Å². The van der Waals surface area contributed by atoms with E-state index in [1.807, 2.05) is 0 Å². The summed E-state index contributed by atoms with van der Waals surface area (Å²) in [6.07, 6.45) is 6.55. The van der Waals surface area contributed by atoms with Crippen LogP contribution in [0.1, 0.15) is 45.4 Å². The quantitative estimate of drug-likeness (QED) is 0.755. The lowest BCUT2D eigenvalue weighted by Crippen LogP contribution is -2.43. The molecule has 1 atom stereocenters. The highest BCUT2D eigenvalue weighted by Gasteiger charge is 2.19. The number of carbonyl (C=O) groups is 1. The Labute approximate surface area is 129 Å². The molecule has 6 heteroatoms. The number of hydrogen-bond acceptors (Lipinski definition) is 3. The van der Waals surface area contributed by atoms with Gasteiger partial charge in [-0.1, -0.05) is 13.3 Å². The molecule has 1 unspecified atom stereocenters. The summed E-state index contributed by atoms with van der Waals surface area (Å²) in [5.41, 5.74) is 5.37. The van der Waals surface area contributed by atoms with E-state index in [9.17, 15) is 4.79 Å². The second-order valence-corrected chi connectivity index (χ2v) is 4.84. The van der Waals surface area contributed by atoms with E-state index in [2.05, 4.69) is 17.1 Å². The molecule has 1 amide bonds. The molecule has 4 nitrogen and oxygen atoms in total. The normalized spacial score (nSPS) is 19.2. The van der Waals surface area contributed by atoms with Crippen molar-refractivity contribution in [3.63, 3.8) is 0 Å². The smallest absolute Gasteiger partial charge is 0.220 e. The van der Waals surface area contributed by atoms with E-state index in [0.717, 1.165) is 25.6 Å². The summed E-state index contributed by atoms with van der Waals surface area (Å²) in [7, 11) is 0. The summed E-state index contributed by atoms with van der Waals surface area (Å²) in [6, 6.07) is 0.727. The molecule has 116 valence electrons. The fourth-order valence-electron chi connectivity index (χ4n) is 2.51. The molecule has 1 aliphatic heterocycles. The second-order valence-electron chi connectivity index (χ2n) is 4.84. The SMILES string of the molecule is CCC1CCCCN1CCNC(=O)CCCN.Cl.Cl. The number of likely N-dealkylation sites (tertiary alicyclic amines) is 1. The summed E-state index contributed by atoms with van der Waals surface area (Å²) in [6.45, 7) is 5.81. The van der Waals surface area contributed by atoms with Crippen molar-refractivity contribution in [2.75, 3.05) is 26.2 Å². The minimum absolute atomic E-state index is 0. The van der Waals surface area contributed by atoms with E-state index in [4.69, 9.17) is 5.73 Å². The van der Waals surface area contributed by atoms with Gasteiger partial charge < -0.3 is 11.1 Å². The van der Waals surface area contributed by atoms with Crippen molar-refractivity contribution >= 4 is 30.7 Å². The fraction of sp³-hybridized carbons (Fsp3) is 0.923. The van der Waals surface area contributed by atoms with E-state index >= 15 is 0 Å². The molecular formula is C13H29Cl2N3O. The van der Waals surface area contributed by atoms with E-state index in [1.165, 1.54) is 32.2 Å². The number of nitrogens with two attached hydrogens (primary N) is 1. The van der Waals surface area contributed by atoms with Crippen LogP contribution in [0, 0.1) is 0 Å². The predicted molar refractivity (Wildman–Crippen MR) is 85.3 cm³/mol. The maximum absolute atomic E-state index is 11.4. The van der Waals surface area contributed by atoms with E-state index in [1.54, 1.807) is 0 Å². The first-order chi connectivity index (χ1) is 8.27. The lowest BCUT2D eigenvalue weighted by molar-refractivity contribution is -0.121. The van der Waals surface area contributed by atoms with Gasteiger partial charge in [0.25, 0.3) is 0 Å². The van der Waals surface area contributed by atoms with Crippen molar-refractivity contribution in [2.24, 2.45) is 5.73 Å². The zero-order valence-electron chi connectivity index (χ0n) is 11.9. The van der Waals surface area contributed by atoms with E-state index in [0.29, 0.717) is 13.0 Å². The second kappa shape index (κ2) is 13.0. The molecule has 1 heterocycles. The Morgan fingerprint density at radius 1 is 1.37 bits per heavy atom. The molecule has 1 saturated heterocycles. The molecule has 1 fully saturated rings. The van der Waals surface area contributed by atoms with Crippen molar-refractivity contribution in [2.45, 2.75) is 51.5 Å². The molecule has 0 aromatic carbocycles. The molecule has 19 heavy (non-hydrogen) atoms. The van der Waals surface area contributed by atoms with Crippen LogP contribution in [0.2, 0.25) is 0 Å². The van der Waals surface area contributed by atoms with Crippen LogP contribution in [0.3, 0.4) is 0 Å². The van der Waals surface area contributed by atoms with Crippen LogP contribution in [-0.4, -0.2) is 43.0 Å². The molecule has 0 spiro atoms. The highest BCUT2D eigenvalue weighted by Crippen LogP contribution is 2.18. The number of nitrogens with one attached hydrogen (secondary N) is 1. The minimum atomic E-state index is 0. The fourth-order valence-corrected chi connectivity index (χ4v) is 2.51. The molecular weight excluding hydrogens is 285 g/mol. The molecule has 3 N–H and O–H groups in total. The number of piperidine rings is 1. The molecule has 1 aliphatic rings. The molecule has 0 bridgehead atoms. The Hall–Kier alpha value is -0.0300. The van der Waals surface area contributed by atoms with Gasteiger partial charge in [-0.2, -0.15) is 0 Å². The Balaban J connectivity index is 0. The van der Waals surface area contributed by atoms with Crippen LogP contribution in [0.25, 0.3) is 0 Å². The van der Waals surface area contributed by atoms with E-state index in [-0.39, 0.29) is 30.7 Å². The van der Waals surface area contributed by atoms with Gasteiger partial charge in [-0.05, 0) is 38.8 Å². The summed E-state index contributed by atoms with van der Waals surface area (Å²) < 4.78 is 0. The number of hydrogen-bond donors (Lipinski definition) is 2. The standard InChI is InChI=1S/C13H27N3O.2ClH/c1-2-12-6-3-4-10-16(12)11-9-15-13(17)7-5-8-14;;/h12H,2-11,14H2,1H3,(H,15,17);2*1H. The third-order valence-corrected chi connectivity index (χ3v) is 3.55. The summed E-state index contributed by atoms with van der Waals surface area (Å²) >= 11 is 0. The summed E-state index contributed by atoms with van der Waals surface area (Å²) in [5.74, 6) is 0.139. The van der Waals surface area contributed by atoms with Gasteiger partial charge in [0.05, 0.1) is 0 Å². The zero-order valence-corrected chi connectivity index (χ0v) is 13.5. The van der Waals surface area contributed by atoms with Crippen molar-refractivity contribution < 1.29 is 4.79 Å². The largest absolute Gasteiger partial charge is 0.355 e. The Kier molecular flexibility index (Phi) is 14.5. The Bertz CT molecular complexity index is 230. The topological polar surface area (TPSA) is 58.4 Å². The van der Waals surface area contributed by atoms with Gasteiger partial charge >= 0.3 is 0 Å². The van der Waals surface area contributed by atoms with Crippen molar-refractivity contribution in [3.05, 3.63) is 0 Å². The summed E-state index contributed by atoms with van der Waals surface area (Å²) in [4.78, 5) is 13.9. The molecule has 0 saturated carbocycles. The number of carbonyl (C=O) groups excluding carboxylic acids is 1. The van der Waals surface area contributed by atoms with Gasteiger partial charge in [0.1, 0.15) is 0 Å². The van der Waals surface area contributed by atoms with E-state index < -0.39 is 0 Å². The van der Waals surface area contributed by atoms with Gasteiger partial charge in [-0.15, -0.1) is 24.8 Å². The third kappa shape index (κ3) is 8.69.